The fourth-order valence-electron chi connectivity index (χ4n) is 4.11. The highest BCUT2D eigenvalue weighted by molar-refractivity contribution is 5.97. The van der Waals surface area contributed by atoms with Crippen molar-refractivity contribution in [1.29, 1.82) is 0 Å². The van der Waals surface area contributed by atoms with Crippen LogP contribution >= 0.6 is 0 Å². The minimum atomic E-state index is -0.679. The highest BCUT2D eigenvalue weighted by Gasteiger charge is 2.29. The molecular formula is C23H29N5O3. The number of ether oxygens (including phenoxy) is 1. The Balaban J connectivity index is 1.38. The van der Waals surface area contributed by atoms with Crippen LogP contribution in [-0.4, -0.2) is 56.6 Å². The molecule has 2 amide bonds. The van der Waals surface area contributed by atoms with E-state index >= 15 is 0 Å². The van der Waals surface area contributed by atoms with Crippen LogP contribution in [0.5, 0.6) is 0 Å². The van der Waals surface area contributed by atoms with E-state index in [0.29, 0.717) is 26.1 Å². The molecule has 3 aromatic rings. The molecule has 1 fully saturated rings. The van der Waals surface area contributed by atoms with Gasteiger partial charge in [-0.05, 0) is 44.5 Å². The number of rotatable bonds is 5. The zero-order valence-corrected chi connectivity index (χ0v) is 18.5. The number of anilines is 1. The lowest BCUT2D eigenvalue weighted by Crippen LogP contribution is -2.50. The van der Waals surface area contributed by atoms with Gasteiger partial charge in [0.1, 0.15) is 5.82 Å². The molecule has 164 valence electrons. The third-order valence-electron chi connectivity index (χ3n) is 6.28. The second-order valence-electron chi connectivity index (χ2n) is 8.11. The van der Waals surface area contributed by atoms with Crippen LogP contribution in [0, 0.1) is 20.8 Å². The maximum absolute atomic E-state index is 12.8. The average Bonchev–Trinajstić information content (AvgIpc) is 3.28. The summed E-state index contributed by atoms with van der Waals surface area (Å²) >= 11 is 0. The molecule has 2 aromatic heterocycles. The fraction of sp³-hybridized carbons (Fsp3) is 0.435. The van der Waals surface area contributed by atoms with Crippen molar-refractivity contribution in [2.24, 2.45) is 7.05 Å². The number of imidazole rings is 1. The number of carbonyl (C=O) groups excluding carboxylic acids is 2. The monoisotopic (exact) mass is 423 g/mol. The molecule has 1 atom stereocenters. The lowest BCUT2D eigenvalue weighted by atomic mass is 10.1. The fourth-order valence-corrected chi connectivity index (χ4v) is 4.11. The van der Waals surface area contributed by atoms with E-state index in [2.05, 4.69) is 28.7 Å². The predicted molar refractivity (Wildman–Crippen MR) is 119 cm³/mol. The van der Waals surface area contributed by atoms with Crippen LogP contribution in [-0.2, 0) is 27.9 Å². The number of aromatic nitrogens is 3. The van der Waals surface area contributed by atoms with Crippen LogP contribution in [0.3, 0.4) is 0 Å². The van der Waals surface area contributed by atoms with Gasteiger partial charge in [0.2, 0.25) is 5.91 Å². The number of hydrogen-bond acceptors (Lipinski definition) is 4. The zero-order chi connectivity index (χ0) is 22.1. The molecule has 1 aliphatic heterocycles. The van der Waals surface area contributed by atoms with E-state index in [1.54, 1.807) is 11.1 Å². The molecule has 8 nitrogen and oxygen atoms in total. The van der Waals surface area contributed by atoms with Gasteiger partial charge in [0.15, 0.2) is 6.10 Å². The number of hydrogen-bond donors (Lipinski definition) is 1. The summed E-state index contributed by atoms with van der Waals surface area (Å²) in [4.78, 5) is 31.4. The van der Waals surface area contributed by atoms with Crippen molar-refractivity contribution < 1.29 is 14.3 Å². The summed E-state index contributed by atoms with van der Waals surface area (Å²) in [5, 5.41) is 4.08. The van der Waals surface area contributed by atoms with Crippen LogP contribution in [0.4, 0.5) is 5.69 Å². The van der Waals surface area contributed by atoms with Crippen molar-refractivity contribution in [2.75, 3.05) is 25.0 Å². The van der Waals surface area contributed by atoms with Gasteiger partial charge in [0.25, 0.3) is 5.91 Å². The Kier molecular flexibility index (Phi) is 5.82. The van der Waals surface area contributed by atoms with Crippen LogP contribution in [0.1, 0.15) is 23.5 Å². The summed E-state index contributed by atoms with van der Waals surface area (Å²) in [7, 11) is 2.04. The first-order valence-corrected chi connectivity index (χ1v) is 10.6. The summed E-state index contributed by atoms with van der Waals surface area (Å²) in [6.07, 6.45) is 3.28. The Morgan fingerprint density at radius 3 is 2.81 bits per heavy atom. The van der Waals surface area contributed by atoms with Gasteiger partial charge in [-0.15, -0.1) is 0 Å². The van der Waals surface area contributed by atoms with Gasteiger partial charge in [-0.2, -0.15) is 0 Å². The zero-order valence-electron chi connectivity index (χ0n) is 18.5. The van der Waals surface area contributed by atoms with Crippen LogP contribution < -0.4 is 5.32 Å². The lowest BCUT2D eigenvalue weighted by Gasteiger charge is -2.32. The first-order chi connectivity index (χ1) is 14.8. The highest BCUT2D eigenvalue weighted by atomic mass is 16.5. The van der Waals surface area contributed by atoms with Gasteiger partial charge in [-0.25, -0.2) is 4.98 Å². The molecule has 0 spiro atoms. The Labute approximate surface area is 181 Å². The summed E-state index contributed by atoms with van der Waals surface area (Å²) in [5.41, 5.74) is 4.27. The standard InChI is InChI=1S/C23H29N5O3/c1-15-16(2)26(4)20-6-5-18(13-19(15)20)25-23(30)21-14-28(11-12-31-21)22(29)7-9-27-10-8-24-17(27)3/h5-6,8,10,13,21H,7,9,11-12,14H2,1-4H3,(H,25,30). The number of morpholine rings is 1. The lowest BCUT2D eigenvalue weighted by molar-refractivity contribution is -0.144. The van der Waals surface area contributed by atoms with E-state index in [1.807, 2.05) is 42.9 Å². The predicted octanol–water partition coefficient (Wildman–Crippen LogP) is 2.56. The molecule has 0 saturated carbocycles. The second-order valence-corrected chi connectivity index (χ2v) is 8.11. The molecule has 1 N–H and O–H groups in total. The van der Waals surface area contributed by atoms with Gasteiger partial charge in [0.05, 0.1) is 13.2 Å². The van der Waals surface area contributed by atoms with Crippen molar-refractivity contribution in [3.8, 4) is 0 Å². The molecular weight excluding hydrogens is 394 g/mol. The van der Waals surface area contributed by atoms with Gasteiger partial charge < -0.3 is 24.1 Å². The van der Waals surface area contributed by atoms with Crippen molar-refractivity contribution in [3.05, 3.63) is 47.7 Å². The number of fused-ring (bicyclic) bond motifs is 1. The van der Waals surface area contributed by atoms with Crippen molar-refractivity contribution in [3.63, 3.8) is 0 Å². The minimum absolute atomic E-state index is 0.0194. The van der Waals surface area contributed by atoms with Gasteiger partial charge in [-0.1, -0.05) is 0 Å². The molecule has 3 heterocycles. The molecule has 31 heavy (non-hydrogen) atoms. The SMILES string of the molecule is Cc1c(C)n(C)c2ccc(NC(=O)C3CN(C(=O)CCn4ccnc4C)CCO3)cc12. The number of aryl methyl sites for hydroxylation is 4. The van der Waals surface area contributed by atoms with Crippen LogP contribution in [0.25, 0.3) is 10.9 Å². The van der Waals surface area contributed by atoms with E-state index in [-0.39, 0.29) is 18.4 Å². The molecule has 0 aliphatic carbocycles. The number of amides is 2. The number of nitrogens with zero attached hydrogens (tertiary/aromatic N) is 4. The van der Waals surface area contributed by atoms with Gasteiger partial charge >= 0.3 is 0 Å². The van der Waals surface area contributed by atoms with Crippen molar-refractivity contribution in [1.82, 2.24) is 19.0 Å². The first-order valence-electron chi connectivity index (χ1n) is 10.6. The quantitative estimate of drug-likeness (QED) is 0.684. The van der Waals surface area contributed by atoms with E-state index in [4.69, 9.17) is 4.74 Å². The molecule has 4 rings (SSSR count). The van der Waals surface area contributed by atoms with Crippen LogP contribution in [0.15, 0.2) is 30.6 Å². The molecule has 1 aliphatic rings. The summed E-state index contributed by atoms with van der Waals surface area (Å²) in [5.74, 6) is 0.673. The summed E-state index contributed by atoms with van der Waals surface area (Å²) in [6, 6.07) is 5.91. The molecule has 1 saturated heterocycles. The van der Waals surface area contributed by atoms with E-state index in [9.17, 15) is 9.59 Å². The molecule has 0 radical (unpaired) electrons. The molecule has 8 heteroatoms. The average molecular weight is 424 g/mol. The molecule has 0 bridgehead atoms. The van der Waals surface area contributed by atoms with E-state index in [0.717, 1.165) is 22.4 Å². The van der Waals surface area contributed by atoms with Crippen molar-refractivity contribution in [2.45, 2.75) is 39.8 Å². The Bertz CT molecular complexity index is 1130. The first kappa shape index (κ1) is 21.1. The highest BCUT2D eigenvalue weighted by Crippen LogP contribution is 2.27. The Morgan fingerprint density at radius 2 is 2.06 bits per heavy atom. The van der Waals surface area contributed by atoms with Crippen LogP contribution in [0.2, 0.25) is 0 Å². The largest absolute Gasteiger partial charge is 0.365 e. The van der Waals surface area contributed by atoms with Crippen molar-refractivity contribution >= 4 is 28.4 Å². The smallest absolute Gasteiger partial charge is 0.255 e. The topological polar surface area (TPSA) is 81.4 Å². The van der Waals surface area contributed by atoms with E-state index in [1.165, 1.54) is 11.3 Å². The third-order valence-corrected chi connectivity index (χ3v) is 6.28. The Hall–Kier alpha value is -3.13. The second kappa shape index (κ2) is 8.55. The number of carbonyl (C=O) groups is 2. The summed E-state index contributed by atoms with van der Waals surface area (Å²) < 4.78 is 9.77. The van der Waals surface area contributed by atoms with Gasteiger partial charge in [-0.3, -0.25) is 9.59 Å². The number of benzene rings is 1. The maximum Gasteiger partial charge on any atom is 0.255 e. The number of nitrogens with one attached hydrogen (secondary N) is 1. The summed E-state index contributed by atoms with van der Waals surface area (Å²) in [6.45, 7) is 7.78. The van der Waals surface area contributed by atoms with E-state index < -0.39 is 6.10 Å². The normalized spacial score (nSPS) is 16.6. The minimum Gasteiger partial charge on any atom is -0.365 e. The Morgan fingerprint density at radius 1 is 1.26 bits per heavy atom. The maximum atomic E-state index is 12.8. The molecule has 1 unspecified atom stereocenters. The third kappa shape index (κ3) is 4.20. The van der Waals surface area contributed by atoms with Gasteiger partial charge in [0, 0.05) is 61.2 Å². The molecule has 1 aromatic carbocycles.